The first kappa shape index (κ1) is 20.1. The smallest absolute Gasteiger partial charge is 0.334 e. The molecule has 27 heavy (non-hydrogen) atoms. The first-order valence-electron chi connectivity index (χ1n) is 7.97. The molecule has 0 aliphatic carbocycles. The molecular weight excluding hydrogens is 370 g/mol. The summed E-state index contributed by atoms with van der Waals surface area (Å²) in [5, 5.41) is 20.9. The molecule has 1 atom stereocenters. The second kappa shape index (κ2) is 8.01. The van der Waals surface area contributed by atoms with Crippen LogP contribution < -0.4 is 4.90 Å². The highest BCUT2D eigenvalue weighted by Gasteiger charge is 2.31. The Kier molecular flexibility index (Phi) is 5.97. The largest absolute Gasteiger partial charge is 0.478 e. The molecule has 0 spiro atoms. The zero-order chi connectivity index (χ0) is 18.8. The lowest BCUT2D eigenvalue weighted by atomic mass is 9.86. The average molecular weight is 388 g/mol. The minimum Gasteiger partial charge on any atom is -0.478 e. The van der Waals surface area contributed by atoms with Crippen molar-refractivity contribution in [1.29, 1.82) is 0 Å². The van der Waals surface area contributed by atoms with Crippen molar-refractivity contribution in [2.45, 2.75) is 19.8 Å². The standard InChI is InChI=1S/C19H17N3O4.ClH/c1-12-9-17(14-5-3-6-15(10-14)22(25)26)18(19(23)24)13(2)21(12)16-7-4-8-20-11-16;/h3-11,17H,1-2H3,(H,23,24);1H. The van der Waals surface area contributed by atoms with Crippen LogP contribution in [0.1, 0.15) is 25.3 Å². The molecule has 1 aromatic heterocycles. The number of nitro groups is 1. The Hall–Kier alpha value is -3.19. The molecule has 2 heterocycles. The van der Waals surface area contributed by atoms with Crippen LogP contribution in [0.5, 0.6) is 0 Å². The van der Waals surface area contributed by atoms with E-state index < -0.39 is 16.8 Å². The number of carboxylic acids is 1. The Morgan fingerprint density at radius 2 is 2.00 bits per heavy atom. The van der Waals surface area contributed by atoms with Gasteiger partial charge in [0, 0.05) is 35.6 Å². The maximum absolute atomic E-state index is 12.0. The molecular formula is C19H18ClN3O4. The van der Waals surface area contributed by atoms with Crippen molar-refractivity contribution in [2.24, 2.45) is 0 Å². The molecule has 1 aromatic carbocycles. The molecule has 0 amide bonds. The number of allylic oxidation sites excluding steroid dienone is 3. The number of anilines is 1. The first-order chi connectivity index (χ1) is 12.4. The number of aliphatic carboxylic acids is 1. The van der Waals surface area contributed by atoms with E-state index in [0.717, 1.165) is 11.4 Å². The summed E-state index contributed by atoms with van der Waals surface area (Å²) in [6.07, 6.45) is 5.12. The van der Waals surface area contributed by atoms with E-state index in [0.29, 0.717) is 11.3 Å². The van der Waals surface area contributed by atoms with Gasteiger partial charge in [0.25, 0.3) is 5.69 Å². The predicted molar refractivity (Wildman–Crippen MR) is 104 cm³/mol. The molecule has 0 saturated carbocycles. The van der Waals surface area contributed by atoms with Crippen LogP contribution in [0, 0.1) is 10.1 Å². The monoisotopic (exact) mass is 387 g/mol. The van der Waals surface area contributed by atoms with Gasteiger partial charge in [0.15, 0.2) is 0 Å². The fraction of sp³-hybridized carbons (Fsp3) is 0.158. The lowest BCUT2D eigenvalue weighted by Gasteiger charge is -2.34. The van der Waals surface area contributed by atoms with Gasteiger partial charge >= 0.3 is 5.97 Å². The molecule has 1 aliphatic rings. The van der Waals surface area contributed by atoms with E-state index in [2.05, 4.69) is 4.98 Å². The van der Waals surface area contributed by atoms with Crippen LogP contribution in [0.2, 0.25) is 0 Å². The minimum absolute atomic E-state index is 0. The minimum atomic E-state index is -1.06. The van der Waals surface area contributed by atoms with Gasteiger partial charge in [-0.2, -0.15) is 0 Å². The predicted octanol–water partition coefficient (Wildman–Crippen LogP) is 4.28. The Balaban J connectivity index is 0.00000261. The van der Waals surface area contributed by atoms with Gasteiger partial charge in [-0.25, -0.2) is 4.79 Å². The highest BCUT2D eigenvalue weighted by molar-refractivity contribution is 5.92. The van der Waals surface area contributed by atoms with Gasteiger partial charge in [0.2, 0.25) is 0 Å². The molecule has 8 heteroatoms. The number of pyridine rings is 1. The quantitative estimate of drug-likeness (QED) is 0.621. The molecule has 2 aromatic rings. The van der Waals surface area contributed by atoms with Crippen molar-refractivity contribution >= 4 is 29.8 Å². The van der Waals surface area contributed by atoms with Crippen LogP contribution in [0.15, 0.2) is 71.8 Å². The Morgan fingerprint density at radius 1 is 1.26 bits per heavy atom. The van der Waals surface area contributed by atoms with E-state index in [4.69, 9.17) is 0 Å². The number of halogens is 1. The van der Waals surface area contributed by atoms with Crippen LogP contribution in [0.3, 0.4) is 0 Å². The summed E-state index contributed by atoms with van der Waals surface area (Å²) in [6.45, 7) is 3.61. The van der Waals surface area contributed by atoms with Gasteiger partial charge in [-0.15, -0.1) is 12.4 Å². The highest BCUT2D eigenvalue weighted by atomic mass is 35.5. The lowest BCUT2D eigenvalue weighted by Crippen LogP contribution is -2.29. The normalized spacial score (nSPS) is 16.4. The van der Waals surface area contributed by atoms with Crippen LogP contribution in [0.4, 0.5) is 11.4 Å². The molecule has 7 nitrogen and oxygen atoms in total. The summed E-state index contributed by atoms with van der Waals surface area (Å²) in [4.78, 5) is 28.5. The van der Waals surface area contributed by atoms with Gasteiger partial charge in [-0.1, -0.05) is 18.2 Å². The molecule has 1 unspecified atom stereocenters. The van der Waals surface area contributed by atoms with Crippen LogP contribution >= 0.6 is 12.4 Å². The van der Waals surface area contributed by atoms with E-state index in [1.807, 2.05) is 24.0 Å². The molecule has 3 rings (SSSR count). The number of rotatable bonds is 4. The third kappa shape index (κ3) is 3.83. The number of benzene rings is 1. The Bertz CT molecular complexity index is 941. The second-order valence-corrected chi connectivity index (χ2v) is 5.99. The number of nitro benzene ring substituents is 1. The van der Waals surface area contributed by atoms with Crippen molar-refractivity contribution in [3.63, 3.8) is 0 Å². The summed E-state index contributed by atoms with van der Waals surface area (Å²) in [5.41, 5.74) is 2.83. The van der Waals surface area contributed by atoms with E-state index in [9.17, 15) is 20.0 Å². The molecule has 0 bridgehead atoms. The van der Waals surface area contributed by atoms with Gasteiger partial charge < -0.3 is 10.0 Å². The molecule has 0 radical (unpaired) electrons. The van der Waals surface area contributed by atoms with Gasteiger partial charge in [0.1, 0.15) is 0 Å². The van der Waals surface area contributed by atoms with E-state index in [-0.39, 0.29) is 23.7 Å². The molecule has 1 N–H and O–H groups in total. The van der Waals surface area contributed by atoms with Crippen LogP contribution in [-0.4, -0.2) is 21.0 Å². The van der Waals surface area contributed by atoms with Gasteiger partial charge in [-0.05, 0) is 31.5 Å². The molecule has 0 fully saturated rings. The number of carboxylic acid groups (broad SMARTS) is 1. The van der Waals surface area contributed by atoms with E-state index in [1.54, 1.807) is 37.5 Å². The summed E-state index contributed by atoms with van der Waals surface area (Å²) in [7, 11) is 0. The first-order valence-corrected chi connectivity index (χ1v) is 7.97. The number of non-ortho nitro benzene ring substituents is 1. The third-order valence-corrected chi connectivity index (χ3v) is 4.37. The SMILES string of the molecule is CC1=CC(c2cccc([N+](=O)[O-])c2)C(C(=O)O)=C(C)N1c1cccnc1.Cl. The van der Waals surface area contributed by atoms with Crippen molar-refractivity contribution in [1.82, 2.24) is 4.98 Å². The third-order valence-electron chi connectivity index (χ3n) is 4.37. The summed E-state index contributed by atoms with van der Waals surface area (Å²) < 4.78 is 0. The lowest BCUT2D eigenvalue weighted by molar-refractivity contribution is -0.384. The number of hydrogen-bond donors (Lipinski definition) is 1. The fourth-order valence-electron chi connectivity index (χ4n) is 3.27. The molecule has 140 valence electrons. The number of aromatic nitrogens is 1. The Morgan fingerprint density at radius 3 is 2.59 bits per heavy atom. The average Bonchev–Trinajstić information content (AvgIpc) is 2.61. The second-order valence-electron chi connectivity index (χ2n) is 5.99. The van der Waals surface area contributed by atoms with Crippen LogP contribution in [0.25, 0.3) is 0 Å². The Labute approximate surface area is 162 Å². The van der Waals surface area contributed by atoms with E-state index >= 15 is 0 Å². The summed E-state index contributed by atoms with van der Waals surface area (Å²) in [6, 6.07) is 9.71. The molecule has 1 aliphatic heterocycles. The zero-order valence-electron chi connectivity index (χ0n) is 14.7. The number of nitrogens with zero attached hydrogens (tertiary/aromatic N) is 3. The van der Waals surface area contributed by atoms with Crippen LogP contribution in [-0.2, 0) is 4.79 Å². The van der Waals surface area contributed by atoms with Crippen molar-refractivity contribution < 1.29 is 14.8 Å². The van der Waals surface area contributed by atoms with Crippen molar-refractivity contribution in [3.05, 3.63) is 87.5 Å². The maximum Gasteiger partial charge on any atom is 0.334 e. The van der Waals surface area contributed by atoms with E-state index in [1.165, 1.54) is 12.1 Å². The number of hydrogen-bond acceptors (Lipinski definition) is 5. The molecule has 0 saturated heterocycles. The number of carbonyl (C=O) groups is 1. The zero-order valence-corrected chi connectivity index (χ0v) is 15.5. The summed E-state index contributed by atoms with van der Waals surface area (Å²) in [5.74, 6) is -1.63. The summed E-state index contributed by atoms with van der Waals surface area (Å²) >= 11 is 0. The van der Waals surface area contributed by atoms with Gasteiger partial charge in [0.05, 0.1) is 22.4 Å². The van der Waals surface area contributed by atoms with Crippen molar-refractivity contribution in [2.75, 3.05) is 4.90 Å². The highest BCUT2D eigenvalue weighted by Crippen LogP contribution is 2.39. The fourth-order valence-corrected chi connectivity index (χ4v) is 3.27. The maximum atomic E-state index is 12.0. The van der Waals surface area contributed by atoms with Crippen molar-refractivity contribution in [3.8, 4) is 0 Å². The topological polar surface area (TPSA) is 96.6 Å². The van der Waals surface area contributed by atoms with Gasteiger partial charge in [-0.3, -0.25) is 15.1 Å².